The molecule has 5 nitrogen and oxygen atoms in total. The predicted molar refractivity (Wildman–Crippen MR) is 80.2 cm³/mol. The number of rotatable bonds is 3. The second kappa shape index (κ2) is 6.08. The lowest BCUT2D eigenvalue weighted by atomic mass is 10.1. The van der Waals surface area contributed by atoms with Gasteiger partial charge in [-0.15, -0.1) is 0 Å². The number of pyridine rings is 2. The van der Waals surface area contributed by atoms with Crippen LogP contribution in [-0.4, -0.2) is 40.5 Å². The molecule has 5 heteroatoms. The highest BCUT2D eigenvalue weighted by atomic mass is 16.5. The number of ether oxygens (including phenoxy) is 1. The number of hydrogen-bond acceptors (Lipinski definition) is 4. The van der Waals surface area contributed by atoms with Gasteiger partial charge in [0.2, 0.25) is 0 Å². The van der Waals surface area contributed by atoms with Crippen LogP contribution in [0.2, 0.25) is 0 Å². The van der Waals surface area contributed by atoms with E-state index in [9.17, 15) is 4.79 Å². The van der Waals surface area contributed by atoms with Crippen molar-refractivity contribution in [2.45, 2.75) is 26.2 Å². The molecule has 0 atom stereocenters. The number of hydrogen-bond donors (Lipinski definition) is 0. The van der Waals surface area contributed by atoms with Gasteiger partial charge in [0.25, 0.3) is 5.91 Å². The van der Waals surface area contributed by atoms with E-state index in [0.717, 1.165) is 42.5 Å². The lowest BCUT2D eigenvalue weighted by molar-refractivity contribution is -0.134. The Bertz CT molecular complexity index is 651. The summed E-state index contributed by atoms with van der Waals surface area (Å²) >= 11 is 0. The molecular weight excluding hydrogens is 266 g/mol. The largest absolute Gasteiger partial charge is 0.482 e. The molecule has 0 spiro atoms. The minimum absolute atomic E-state index is 0.0559. The molecule has 1 aliphatic rings. The quantitative estimate of drug-likeness (QED) is 0.868. The monoisotopic (exact) mass is 285 g/mol. The van der Waals surface area contributed by atoms with Gasteiger partial charge in [0.05, 0.1) is 11.2 Å². The van der Waals surface area contributed by atoms with E-state index >= 15 is 0 Å². The molecule has 2 aromatic heterocycles. The van der Waals surface area contributed by atoms with E-state index in [0.29, 0.717) is 5.75 Å². The number of amides is 1. The summed E-state index contributed by atoms with van der Waals surface area (Å²) in [6.45, 7) is 3.66. The van der Waals surface area contributed by atoms with Crippen LogP contribution in [0.1, 0.15) is 25.0 Å². The molecule has 0 unspecified atom stereocenters. The second-order valence-electron chi connectivity index (χ2n) is 5.37. The number of fused-ring (bicyclic) bond motifs is 1. The Kier molecular flexibility index (Phi) is 3.99. The van der Waals surface area contributed by atoms with Gasteiger partial charge in [-0.3, -0.25) is 9.78 Å². The molecule has 0 saturated carbocycles. The first-order valence-corrected chi connectivity index (χ1v) is 7.36. The van der Waals surface area contributed by atoms with Crippen LogP contribution in [0, 0.1) is 6.92 Å². The minimum Gasteiger partial charge on any atom is -0.482 e. The van der Waals surface area contributed by atoms with Crippen LogP contribution in [0.25, 0.3) is 10.9 Å². The molecule has 1 aliphatic heterocycles. The standard InChI is InChI=1S/C16H19N3O2/c1-12-15(9-13-10-17-6-5-14(13)18-12)21-11-16(20)19-7-3-2-4-8-19/h5-6,9-10H,2-4,7-8,11H2,1H3. The molecule has 2 aromatic rings. The van der Waals surface area contributed by atoms with Gasteiger partial charge in [-0.25, -0.2) is 4.98 Å². The average molecular weight is 285 g/mol. The zero-order valence-electron chi connectivity index (χ0n) is 12.2. The fraction of sp³-hybridized carbons (Fsp3) is 0.438. The highest BCUT2D eigenvalue weighted by Crippen LogP contribution is 2.22. The lowest BCUT2D eigenvalue weighted by Gasteiger charge is -2.26. The average Bonchev–Trinajstić information content (AvgIpc) is 2.53. The summed E-state index contributed by atoms with van der Waals surface area (Å²) < 4.78 is 5.68. The van der Waals surface area contributed by atoms with Crippen LogP contribution >= 0.6 is 0 Å². The molecule has 0 radical (unpaired) electrons. The normalized spacial score (nSPS) is 15.2. The zero-order valence-corrected chi connectivity index (χ0v) is 12.2. The van der Waals surface area contributed by atoms with Crippen LogP contribution < -0.4 is 4.74 Å². The Labute approximate surface area is 124 Å². The first kappa shape index (κ1) is 13.8. The summed E-state index contributed by atoms with van der Waals surface area (Å²) in [4.78, 5) is 22.6. The first-order chi connectivity index (χ1) is 10.2. The van der Waals surface area contributed by atoms with Crippen LogP contribution in [0.15, 0.2) is 24.5 Å². The van der Waals surface area contributed by atoms with E-state index in [-0.39, 0.29) is 12.5 Å². The molecule has 3 heterocycles. The van der Waals surface area contributed by atoms with Crippen molar-refractivity contribution < 1.29 is 9.53 Å². The van der Waals surface area contributed by atoms with Crippen LogP contribution in [0.3, 0.4) is 0 Å². The third-order valence-corrected chi connectivity index (χ3v) is 3.82. The number of nitrogens with zero attached hydrogens (tertiary/aromatic N) is 3. The molecule has 1 fully saturated rings. The van der Waals surface area contributed by atoms with Crippen molar-refractivity contribution in [2.24, 2.45) is 0 Å². The molecule has 0 aromatic carbocycles. The van der Waals surface area contributed by atoms with Gasteiger partial charge < -0.3 is 9.64 Å². The number of carbonyl (C=O) groups is 1. The van der Waals surface area contributed by atoms with E-state index in [1.807, 2.05) is 24.0 Å². The molecule has 1 amide bonds. The lowest BCUT2D eigenvalue weighted by Crippen LogP contribution is -2.38. The van der Waals surface area contributed by atoms with Gasteiger partial charge in [-0.2, -0.15) is 0 Å². The van der Waals surface area contributed by atoms with E-state index in [1.165, 1.54) is 6.42 Å². The number of carbonyl (C=O) groups excluding carboxylic acids is 1. The summed E-state index contributed by atoms with van der Waals surface area (Å²) in [7, 11) is 0. The fourth-order valence-corrected chi connectivity index (χ4v) is 2.61. The van der Waals surface area contributed by atoms with E-state index in [2.05, 4.69) is 9.97 Å². The molecule has 21 heavy (non-hydrogen) atoms. The first-order valence-electron chi connectivity index (χ1n) is 7.36. The van der Waals surface area contributed by atoms with E-state index in [1.54, 1.807) is 12.4 Å². The van der Waals surface area contributed by atoms with Gasteiger partial charge >= 0.3 is 0 Å². The summed E-state index contributed by atoms with van der Waals surface area (Å²) in [5.41, 5.74) is 1.68. The maximum absolute atomic E-state index is 12.1. The number of piperidine rings is 1. The van der Waals surface area contributed by atoms with Crippen molar-refractivity contribution in [2.75, 3.05) is 19.7 Å². The van der Waals surface area contributed by atoms with Gasteiger partial charge in [0.1, 0.15) is 5.75 Å². The minimum atomic E-state index is 0.0559. The Morgan fingerprint density at radius 1 is 1.33 bits per heavy atom. The van der Waals surface area contributed by atoms with Crippen molar-refractivity contribution in [1.29, 1.82) is 0 Å². The molecule has 1 saturated heterocycles. The molecule has 110 valence electrons. The Hall–Kier alpha value is -2.17. The SMILES string of the molecule is Cc1nc2ccncc2cc1OCC(=O)N1CCCCC1. The van der Waals surface area contributed by atoms with Crippen molar-refractivity contribution >= 4 is 16.8 Å². The van der Waals surface area contributed by atoms with E-state index in [4.69, 9.17) is 4.74 Å². The number of aromatic nitrogens is 2. The Balaban J connectivity index is 1.69. The molecule has 0 aliphatic carbocycles. The summed E-state index contributed by atoms with van der Waals surface area (Å²) in [6.07, 6.45) is 6.86. The number of aryl methyl sites for hydroxylation is 1. The maximum Gasteiger partial charge on any atom is 0.260 e. The fourth-order valence-electron chi connectivity index (χ4n) is 2.61. The van der Waals surface area contributed by atoms with Crippen LogP contribution in [0.5, 0.6) is 5.75 Å². The summed E-state index contributed by atoms with van der Waals surface area (Å²) in [6, 6.07) is 3.76. The molecule has 0 N–H and O–H groups in total. The summed E-state index contributed by atoms with van der Waals surface area (Å²) in [5.74, 6) is 0.709. The van der Waals surface area contributed by atoms with Crippen molar-refractivity contribution in [3.8, 4) is 5.75 Å². The highest BCUT2D eigenvalue weighted by molar-refractivity contribution is 5.80. The van der Waals surface area contributed by atoms with Crippen LogP contribution in [-0.2, 0) is 4.79 Å². The summed E-state index contributed by atoms with van der Waals surface area (Å²) in [5, 5.41) is 0.920. The maximum atomic E-state index is 12.1. The van der Waals surface area contributed by atoms with Crippen molar-refractivity contribution in [1.82, 2.24) is 14.9 Å². The second-order valence-corrected chi connectivity index (χ2v) is 5.37. The van der Waals surface area contributed by atoms with E-state index < -0.39 is 0 Å². The van der Waals surface area contributed by atoms with Crippen LogP contribution in [0.4, 0.5) is 0 Å². The van der Waals surface area contributed by atoms with Gasteiger partial charge in [-0.1, -0.05) is 0 Å². The molecule has 3 rings (SSSR count). The zero-order chi connectivity index (χ0) is 14.7. The Morgan fingerprint density at radius 2 is 2.14 bits per heavy atom. The van der Waals surface area contributed by atoms with Gasteiger partial charge in [-0.05, 0) is 38.3 Å². The third-order valence-electron chi connectivity index (χ3n) is 3.82. The topological polar surface area (TPSA) is 55.3 Å². The number of likely N-dealkylation sites (tertiary alicyclic amines) is 1. The predicted octanol–water partition coefficient (Wildman–Crippen LogP) is 2.33. The molecule has 0 bridgehead atoms. The molecular formula is C16H19N3O2. The van der Waals surface area contributed by atoms with Gasteiger partial charge in [0, 0.05) is 30.9 Å². The third kappa shape index (κ3) is 3.12. The smallest absolute Gasteiger partial charge is 0.260 e. The van der Waals surface area contributed by atoms with Gasteiger partial charge in [0.15, 0.2) is 6.61 Å². The Morgan fingerprint density at radius 3 is 2.95 bits per heavy atom. The van der Waals surface area contributed by atoms with Crippen molar-refractivity contribution in [3.63, 3.8) is 0 Å². The van der Waals surface area contributed by atoms with Crippen molar-refractivity contribution in [3.05, 3.63) is 30.2 Å². The highest BCUT2D eigenvalue weighted by Gasteiger charge is 2.17.